The Morgan fingerprint density at radius 3 is 2.75 bits per heavy atom. The number of thioether (sulfide) groups is 1. The highest BCUT2D eigenvalue weighted by molar-refractivity contribution is 7.99. The molecule has 0 bridgehead atoms. The van der Waals surface area contributed by atoms with Crippen LogP contribution in [0.3, 0.4) is 0 Å². The fourth-order valence-corrected chi connectivity index (χ4v) is 4.42. The van der Waals surface area contributed by atoms with Gasteiger partial charge >= 0.3 is 0 Å². The van der Waals surface area contributed by atoms with Gasteiger partial charge in [-0.05, 0) is 43.9 Å². The van der Waals surface area contributed by atoms with Crippen molar-refractivity contribution in [3.8, 4) is 0 Å². The quantitative estimate of drug-likeness (QED) is 0.883. The number of carbonyl (C=O) groups is 2. The lowest BCUT2D eigenvalue weighted by atomic mass is 10.0. The number of benzene rings is 1. The van der Waals surface area contributed by atoms with E-state index < -0.39 is 0 Å². The molecule has 1 saturated heterocycles. The maximum absolute atomic E-state index is 12.5. The third-order valence-electron chi connectivity index (χ3n) is 5.03. The lowest BCUT2D eigenvalue weighted by Gasteiger charge is -2.32. The molecule has 2 fully saturated rings. The van der Waals surface area contributed by atoms with E-state index in [1.54, 1.807) is 17.8 Å². The van der Waals surface area contributed by atoms with Crippen LogP contribution < -0.4 is 10.6 Å². The third-order valence-corrected chi connectivity index (χ3v) is 6.11. The van der Waals surface area contributed by atoms with Gasteiger partial charge in [0.05, 0.1) is 5.69 Å². The molecule has 128 valence electrons. The highest BCUT2D eigenvalue weighted by atomic mass is 32.2. The zero-order valence-corrected chi connectivity index (χ0v) is 14.5. The first-order chi connectivity index (χ1) is 11.7. The fourth-order valence-electron chi connectivity index (χ4n) is 3.48. The van der Waals surface area contributed by atoms with Gasteiger partial charge in [-0.25, -0.2) is 0 Å². The zero-order chi connectivity index (χ0) is 16.5. The summed E-state index contributed by atoms with van der Waals surface area (Å²) in [6, 6.07) is 6.68. The second-order valence-corrected chi connectivity index (χ2v) is 8.01. The molecule has 0 aromatic heterocycles. The van der Waals surface area contributed by atoms with Crippen LogP contribution in [0.5, 0.6) is 0 Å². The molecule has 0 spiro atoms. The Morgan fingerprint density at radius 2 is 2.00 bits per heavy atom. The van der Waals surface area contributed by atoms with E-state index in [0.717, 1.165) is 48.3 Å². The number of likely N-dealkylation sites (tertiary alicyclic amines) is 1. The first-order valence-electron chi connectivity index (χ1n) is 8.80. The minimum absolute atomic E-state index is 0.0197. The Morgan fingerprint density at radius 1 is 1.21 bits per heavy atom. The summed E-state index contributed by atoms with van der Waals surface area (Å²) in [5, 5.41) is 6.06. The molecule has 1 saturated carbocycles. The zero-order valence-electron chi connectivity index (χ0n) is 13.7. The summed E-state index contributed by atoms with van der Waals surface area (Å²) in [6.45, 7) is 2.18. The van der Waals surface area contributed by atoms with Gasteiger partial charge in [0, 0.05) is 47.8 Å². The van der Waals surface area contributed by atoms with Crippen molar-refractivity contribution in [3.63, 3.8) is 0 Å². The monoisotopic (exact) mass is 345 g/mol. The van der Waals surface area contributed by atoms with Crippen molar-refractivity contribution in [2.75, 3.05) is 24.2 Å². The molecular weight excluding hydrogens is 322 g/mol. The maximum atomic E-state index is 12.5. The molecule has 4 rings (SSSR count). The number of hydrogen-bond donors (Lipinski definition) is 2. The molecule has 0 radical (unpaired) electrons. The largest absolute Gasteiger partial charge is 0.349 e. The number of fused-ring (bicyclic) bond motifs is 1. The van der Waals surface area contributed by atoms with Crippen molar-refractivity contribution in [1.29, 1.82) is 0 Å². The second kappa shape index (κ2) is 6.76. The van der Waals surface area contributed by atoms with Gasteiger partial charge in [-0.3, -0.25) is 9.59 Å². The van der Waals surface area contributed by atoms with Crippen LogP contribution >= 0.6 is 11.8 Å². The van der Waals surface area contributed by atoms with Crippen molar-refractivity contribution in [3.05, 3.63) is 23.8 Å². The summed E-state index contributed by atoms with van der Waals surface area (Å²) in [4.78, 5) is 27.8. The number of piperidine rings is 1. The first-order valence-corrected chi connectivity index (χ1v) is 9.79. The Labute approximate surface area is 146 Å². The normalized spacial score (nSPS) is 22.4. The van der Waals surface area contributed by atoms with Gasteiger partial charge in [-0.2, -0.15) is 0 Å². The van der Waals surface area contributed by atoms with Gasteiger partial charge in [0.2, 0.25) is 5.91 Å². The lowest BCUT2D eigenvalue weighted by molar-refractivity contribution is -0.115. The van der Waals surface area contributed by atoms with Gasteiger partial charge in [0.15, 0.2) is 0 Å². The molecule has 2 N–H and O–H groups in total. The maximum Gasteiger partial charge on any atom is 0.251 e. The lowest BCUT2D eigenvalue weighted by Crippen LogP contribution is -2.45. The third kappa shape index (κ3) is 3.59. The topological polar surface area (TPSA) is 61.4 Å². The Hall–Kier alpha value is -1.53. The SMILES string of the molecule is O=C1CCSc2ccc(C(=O)NC3CCN(C4CC4)CC3)cc2N1. The number of carbonyl (C=O) groups excluding carboxylic acids is 2. The van der Waals surface area contributed by atoms with Gasteiger partial charge in [0.25, 0.3) is 5.91 Å². The van der Waals surface area contributed by atoms with Crippen LogP contribution in [0.1, 0.15) is 42.5 Å². The van der Waals surface area contributed by atoms with E-state index in [-0.39, 0.29) is 17.9 Å². The molecule has 0 atom stereocenters. The van der Waals surface area contributed by atoms with Gasteiger partial charge in [-0.1, -0.05) is 0 Å². The molecule has 6 heteroatoms. The molecule has 0 unspecified atom stereocenters. The van der Waals surface area contributed by atoms with E-state index >= 15 is 0 Å². The number of rotatable bonds is 3. The van der Waals surface area contributed by atoms with Gasteiger partial charge < -0.3 is 15.5 Å². The molecule has 2 amide bonds. The molecule has 3 aliphatic rings. The minimum Gasteiger partial charge on any atom is -0.349 e. The van der Waals surface area contributed by atoms with Crippen molar-refractivity contribution in [2.24, 2.45) is 0 Å². The van der Waals surface area contributed by atoms with Crippen molar-refractivity contribution in [1.82, 2.24) is 10.2 Å². The van der Waals surface area contributed by atoms with Crippen molar-refractivity contribution < 1.29 is 9.59 Å². The average Bonchev–Trinajstić information content (AvgIpc) is 3.42. The van der Waals surface area contributed by atoms with E-state index in [1.165, 1.54) is 12.8 Å². The van der Waals surface area contributed by atoms with Crippen molar-refractivity contribution in [2.45, 2.75) is 49.1 Å². The Kier molecular flexibility index (Phi) is 4.50. The van der Waals surface area contributed by atoms with Crippen LogP contribution in [0.2, 0.25) is 0 Å². The summed E-state index contributed by atoms with van der Waals surface area (Å²) in [7, 11) is 0. The average molecular weight is 345 g/mol. The number of hydrogen-bond acceptors (Lipinski definition) is 4. The van der Waals surface area contributed by atoms with E-state index in [2.05, 4.69) is 15.5 Å². The number of nitrogens with zero attached hydrogens (tertiary/aromatic N) is 1. The van der Waals surface area contributed by atoms with Crippen LogP contribution in [0, 0.1) is 0 Å². The molecule has 2 heterocycles. The summed E-state index contributed by atoms with van der Waals surface area (Å²) in [6.07, 6.45) is 5.26. The predicted octanol–water partition coefficient (Wildman–Crippen LogP) is 2.48. The Bertz CT molecular complexity index is 652. The molecule has 1 aromatic rings. The van der Waals surface area contributed by atoms with Gasteiger partial charge in [0.1, 0.15) is 0 Å². The standard InChI is InChI=1S/C18H23N3O2S/c22-17-7-10-24-16-4-1-12(11-15(16)20-17)18(23)19-13-5-8-21(9-6-13)14-2-3-14/h1,4,11,13-14H,2-3,5-10H2,(H,19,23)(H,20,22). The Balaban J connectivity index is 1.38. The van der Waals surface area contributed by atoms with Crippen molar-refractivity contribution >= 4 is 29.3 Å². The van der Waals surface area contributed by atoms with Crippen LogP contribution in [0.25, 0.3) is 0 Å². The summed E-state index contributed by atoms with van der Waals surface area (Å²) >= 11 is 1.66. The van der Waals surface area contributed by atoms with E-state index in [4.69, 9.17) is 0 Å². The van der Waals surface area contributed by atoms with E-state index in [9.17, 15) is 9.59 Å². The fraction of sp³-hybridized carbons (Fsp3) is 0.556. The van der Waals surface area contributed by atoms with Gasteiger partial charge in [-0.15, -0.1) is 11.8 Å². The van der Waals surface area contributed by atoms with Crippen LogP contribution in [-0.2, 0) is 4.79 Å². The van der Waals surface area contributed by atoms with E-state index in [0.29, 0.717) is 12.0 Å². The molecule has 24 heavy (non-hydrogen) atoms. The second-order valence-electron chi connectivity index (χ2n) is 6.87. The molecule has 5 nitrogen and oxygen atoms in total. The van der Waals surface area contributed by atoms with Crippen LogP contribution in [-0.4, -0.2) is 47.6 Å². The highest BCUT2D eigenvalue weighted by Gasteiger charge is 2.32. The summed E-state index contributed by atoms with van der Waals surface area (Å²) in [5.41, 5.74) is 1.39. The smallest absolute Gasteiger partial charge is 0.251 e. The van der Waals surface area contributed by atoms with Crippen LogP contribution in [0.4, 0.5) is 5.69 Å². The molecule has 2 aliphatic heterocycles. The summed E-state index contributed by atoms with van der Waals surface area (Å²) < 4.78 is 0. The number of amides is 2. The number of nitrogens with one attached hydrogen (secondary N) is 2. The number of anilines is 1. The van der Waals surface area contributed by atoms with E-state index in [1.807, 2.05) is 12.1 Å². The molecular formula is C18H23N3O2S. The molecule has 1 aromatic carbocycles. The predicted molar refractivity (Wildman–Crippen MR) is 95.5 cm³/mol. The van der Waals surface area contributed by atoms with Crippen LogP contribution in [0.15, 0.2) is 23.1 Å². The highest BCUT2D eigenvalue weighted by Crippen LogP contribution is 2.32. The molecule has 1 aliphatic carbocycles. The summed E-state index contributed by atoms with van der Waals surface area (Å²) in [5.74, 6) is 0.765. The first kappa shape index (κ1) is 16.0. The minimum atomic E-state index is -0.0360.